The van der Waals surface area contributed by atoms with E-state index in [1.54, 1.807) is 0 Å². The molecule has 1 fully saturated rings. The van der Waals surface area contributed by atoms with Crippen LogP contribution in [0.25, 0.3) is 11.0 Å². The van der Waals surface area contributed by atoms with Crippen molar-refractivity contribution in [3.63, 3.8) is 0 Å². The number of fused-ring (bicyclic) bond motifs is 1. The van der Waals surface area contributed by atoms with Crippen LogP contribution in [0.2, 0.25) is 0 Å². The second-order valence-electron chi connectivity index (χ2n) is 5.12. The molecule has 0 spiro atoms. The second-order valence-corrected chi connectivity index (χ2v) is 5.38. The van der Waals surface area contributed by atoms with Gasteiger partial charge in [0, 0.05) is 19.2 Å². The molecule has 1 aliphatic heterocycles. The first kappa shape index (κ1) is 13.8. The molecule has 0 amide bonds. The van der Waals surface area contributed by atoms with Gasteiger partial charge in [-0.1, -0.05) is 0 Å². The lowest BCUT2D eigenvalue weighted by molar-refractivity contribution is 0.323. The zero-order valence-electron chi connectivity index (χ0n) is 11.1. The van der Waals surface area contributed by atoms with Crippen LogP contribution in [-0.4, -0.2) is 34.1 Å². The Bertz CT molecular complexity index is 620. The van der Waals surface area contributed by atoms with Crippen LogP contribution in [-0.2, 0) is 12.4 Å². The molecule has 3 rings (SSSR count). The highest BCUT2D eigenvalue weighted by molar-refractivity contribution is 6.16. The highest BCUT2D eigenvalue weighted by atomic mass is 35.5. The minimum atomic E-state index is -0.633. The molecule has 2 aromatic rings. The average Bonchev–Trinajstić information content (AvgIpc) is 3.03. The number of likely N-dealkylation sites (tertiary alicyclic amines) is 1. The summed E-state index contributed by atoms with van der Waals surface area (Å²) in [6.45, 7) is 3.69. The zero-order valence-corrected chi connectivity index (χ0v) is 11.8. The van der Waals surface area contributed by atoms with Gasteiger partial charge < -0.3 is 9.47 Å². The van der Waals surface area contributed by atoms with Crippen LogP contribution in [0.4, 0.5) is 8.78 Å². The van der Waals surface area contributed by atoms with Crippen LogP contribution >= 0.6 is 11.6 Å². The molecule has 1 saturated heterocycles. The van der Waals surface area contributed by atoms with E-state index in [4.69, 9.17) is 11.6 Å². The van der Waals surface area contributed by atoms with Crippen LogP contribution in [0.5, 0.6) is 0 Å². The van der Waals surface area contributed by atoms with Crippen LogP contribution < -0.4 is 0 Å². The van der Waals surface area contributed by atoms with Crippen molar-refractivity contribution in [1.29, 1.82) is 0 Å². The summed E-state index contributed by atoms with van der Waals surface area (Å²) in [4.78, 5) is 6.53. The summed E-state index contributed by atoms with van der Waals surface area (Å²) < 4.78 is 29.0. The van der Waals surface area contributed by atoms with Crippen molar-refractivity contribution < 1.29 is 8.78 Å². The fourth-order valence-corrected chi connectivity index (χ4v) is 3.00. The maximum absolute atomic E-state index is 13.7. The van der Waals surface area contributed by atoms with Gasteiger partial charge >= 0.3 is 0 Å². The lowest BCUT2D eigenvalue weighted by atomic mass is 10.3. The Kier molecular flexibility index (Phi) is 3.89. The van der Waals surface area contributed by atoms with Gasteiger partial charge in [-0.3, -0.25) is 0 Å². The Morgan fingerprint density at radius 2 is 1.90 bits per heavy atom. The predicted octanol–water partition coefficient (Wildman–Crippen LogP) is 3.15. The zero-order chi connectivity index (χ0) is 14.1. The Labute approximate surface area is 121 Å². The first-order valence-corrected chi connectivity index (χ1v) is 7.35. The molecule has 0 unspecified atom stereocenters. The van der Waals surface area contributed by atoms with Gasteiger partial charge in [-0.2, -0.15) is 0 Å². The minimum absolute atomic E-state index is 0.190. The van der Waals surface area contributed by atoms with Gasteiger partial charge in [0.05, 0.1) is 11.4 Å². The number of benzene rings is 1. The largest absolute Gasteiger partial charge is 0.326 e. The number of alkyl halides is 1. The summed E-state index contributed by atoms with van der Waals surface area (Å²) in [7, 11) is 0. The molecule has 0 aliphatic carbocycles. The first-order chi connectivity index (χ1) is 9.69. The molecule has 0 radical (unpaired) electrons. The Morgan fingerprint density at radius 3 is 2.60 bits per heavy atom. The van der Waals surface area contributed by atoms with E-state index in [2.05, 4.69) is 9.88 Å². The molecule has 0 saturated carbocycles. The normalized spacial score (nSPS) is 16.4. The van der Waals surface area contributed by atoms with Crippen molar-refractivity contribution in [2.24, 2.45) is 0 Å². The molecule has 1 aliphatic rings. The van der Waals surface area contributed by atoms with E-state index in [1.807, 2.05) is 4.57 Å². The van der Waals surface area contributed by atoms with E-state index < -0.39 is 11.6 Å². The number of hydrogen-bond donors (Lipinski definition) is 0. The molecule has 1 aromatic heterocycles. The predicted molar refractivity (Wildman–Crippen MR) is 74.9 cm³/mol. The molecule has 108 valence electrons. The molecular formula is C14H16ClF2N3. The number of aromatic nitrogens is 2. The number of hydrogen-bond acceptors (Lipinski definition) is 2. The standard InChI is InChI=1S/C14H16ClF2N3/c15-9-13-18-14-11(17)7-10(16)8-12(14)20(13)6-5-19-3-1-2-4-19/h7-8H,1-6,9H2. The van der Waals surface area contributed by atoms with Gasteiger partial charge in [-0.25, -0.2) is 13.8 Å². The number of imidazole rings is 1. The molecule has 1 aromatic carbocycles. The smallest absolute Gasteiger partial charge is 0.153 e. The summed E-state index contributed by atoms with van der Waals surface area (Å²) in [5.41, 5.74) is 0.681. The number of rotatable bonds is 4. The minimum Gasteiger partial charge on any atom is -0.326 e. The van der Waals surface area contributed by atoms with E-state index in [0.717, 1.165) is 25.7 Å². The van der Waals surface area contributed by atoms with Crippen molar-refractivity contribution in [2.75, 3.05) is 19.6 Å². The molecule has 0 bridgehead atoms. The quantitative estimate of drug-likeness (QED) is 0.809. The number of halogens is 3. The van der Waals surface area contributed by atoms with Gasteiger partial charge in [-0.15, -0.1) is 11.6 Å². The highest BCUT2D eigenvalue weighted by Crippen LogP contribution is 2.22. The van der Waals surface area contributed by atoms with Crippen molar-refractivity contribution in [1.82, 2.24) is 14.5 Å². The van der Waals surface area contributed by atoms with Crippen LogP contribution in [0.15, 0.2) is 12.1 Å². The van der Waals surface area contributed by atoms with E-state index in [9.17, 15) is 8.78 Å². The lowest BCUT2D eigenvalue weighted by Gasteiger charge is -2.16. The summed E-state index contributed by atoms with van der Waals surface area (Å²) in [6, 6.07) is 2.18. The summed E-state index contributed by atoms with van der Waals surface area (Å²) in [5, 5.41) is 0. The summed E-state index contributed by atoms with van der Waals surface area (Å²) >= 11 is 5.88. The van der Waals surface area contributed by atoms with E-state index in [-0.39, 0.29) is 11.4 Å². The third kappa shape index (κ3) is 2.52. The summed E-state index contributed by atoms with van der Waals surface area (Å²) in [5.74, 6) is -0.439. The van der Waals surface area contributed by atoms with Gasteiger partial charge in [0.25, 0.3) is 0 Å². The van der Waals surface area contributed by atoms with Gasteiger partial charge in [-0.05, 0) is 32.0 Å². The maximum Gasteiger partial charge on any atom is 0.153 e. The van der Waals surface area contributed by atoms with Crippen LogP contribution in [0, 0.1) is 11.6 Å². The monoisotopic (exact) mass is 299 g/mol. The molecule has 6 heteroatoms. The Hall–Kier alpha value is -1.20. The fourth-order valence-electron chi connectivity index (χ4n) is 2.80. The third-order valence-corrected chi connectivity index (χ3v) is 4.05. The molecule has 3 nitrogen and oxygen atoms in total. The van der Waals surface area contributed by atoms with E-state index in [0.29, 0.717) is 17.9 Å². The number of nitrogens with zero attached hydrogens (tertiary/aromatic N) is 3. The van der Waals surface area contributed by atoms with Crippen molar-refractivity contribution in [3.05, 3.63) is 29.6 Å². The molecule has 2 heterocycles. The van der Waals surface area contributed by atoms with Gasteiger partial charge in [0.2, 0.25) is 0 Å². The molecular weight excluding hydrogens is 284 g/mol. The second kappa shape index (κ2) is 5.66. The fraction of sp³-hybridized carbons (Fsp3) is 0.500. The van der Waals surface area contributed by atoms with Gasteiger partial charge in [0.1, 0.15) is 17.2 Å². The van der Waals surface area contributed by atoms with E-state index >= 15 is 0 Å². The topological polar surface area (TPSA) is 21.1 Å². The Balaban J connectivity index is 1.94. The average molecular weight is 300 g/mol. The SMILES string of the molecule is Fc1cc(F)c2nc(CCl)n(CCN3CCCC3)c2c1. The third-order valence-electron chi connectivity index (χ3n) is 3.81. The lowest BCUT2D eigenvalue weighted by Crippen LogP contribution is -2.24. The van der Waals surface area contributed by atoms with Crippen molar-refractivity contribution in [3.8, 4) is 0 Å². The first-order valence-electron chi connectivity index (χ1n) is 6.81. The van der Waals surface area contributed by atoms with Crippen LogP contribution in [0.1, 0.15) is 18.7 Å². The molecule has 0 atom stereocenters. The Morgan fingerprint density at radius 1 is 1.15 bits per heavy atom. The molecule has 0 N–H and O–H groups in total. The van der Waals surface area contributed by atoms with Crippen LogP contribution in [0.3, 0.4) is 0 Å². The molecule has 20 heavy (non-hydrogen) atoms. The van der Waals surface area contributed by atoms with Crippen molar-refractivity contribution >= 4 is 22.6 Å². The summed E-state index contributed by atoms with van der Waals surface area (Å²) in [6.07, 6.45) is 2.44. The van der Waals surface area contributed by atoms with E-state index in [1.165, 1.54) is 18.9 Å². The maximum atomic E-state index is 13.7. The van der Waals surface area contributed by atoms with Gasteiger partial charge in [0.15, 0.2) is 5.82 Å². The van der Waals surface area contributed by atoms with Crippen molar-refractivity contribution in [2.45, 2.75) is 25.3 Å². The highest BCUT2D eigenvalue weighted by Gasteiger charge is 2.17.